The van der Waals surface area contributed by atoms with E-state index in [9.17, 15) is 4.79 Å². The second-order valence-corrected chi connectivity index (χ2v) is 8.15. The molecule has 0 aromatic carbocycles. The number of amides is 1. The number of thiophene rings is 1. The molecule has 1 aliphatic carbocycles. The fourth-order valence-corrected chi connectivity index (χ4v) is 5.26. The van der Waals surface area contributed by atoms with Gasteiger partial charge in [-0.3, -0.25) is 4.79 Å². The quantitative estimate of drug-likeness (QED) is 0.920. The van der Waals surface area contributed by atoms with E-state index >= 15 is 0 Å². The summed E-state index contributed by atoms with van der Waals surface area (Å²) in [5.41, 5.74) is 1.33. The van der Waals surface area contributed by atoms with E-state index in [0.29, 0.717) is 6.04 Å². The van der Waals surface area contributed by atoms with Crippen molar-refractivity contribution < 1.29 is 9.53 Å². The van der Waals surface area contributed by atoms with Gasteiger partial charge in [-0.2, -0.15) is 0 Å². The van der Waals surface area contributed by atoms with Crippen LogP contribution in [0.4, 0.5) is 0 Å². The Morgan fingerprint density at radius 3 is 2.91 bits per heavy atom. The summed E-state index contributed by atoms with van der Waals surface area (Å²) in [5, 5.41) is 3.40. The summed E-state index contributed by atoms with van der Waals surface area (Å²) in [6.07, 6.45) is 8.36. The fraction of sp³-hybridized carbons (Fsp3) is 0.722. The highest BCUT2D eigenvalue weighted by molar-refractivity contribution is 7.14. The number of nitrogens with zero attached hydrogens (tertiary/aromatic N) is 1. The third kappa shape index (κ3) is 3.32. The number of carbonyl (C=O) groups excluding carboxylic acids is 1. The molecule has 23 heavy (non-hydrogen) atoms. The number of ether oxygens (including phenoxy) is 1. The number of hydrogen-bond acceptors (Lipinski definition) is 4. The third-order valence-corrected chi connectivity index (χ3v) is 6.63. The van der Waals surface area contributed by atoms with E-state index in [1.807, 2.05) is 0 Å². The van der Waals surface area contributed by atoms with Crippen LogP contribution in [-0.2, 0) is 17.7 Å². The average molecular weight is 334 g/mol. The summed E-state index contributed by atoms with van der Waals surface area (Å²) in [6.45, 7) is 3.58. The van der Waals surface area contributed by atoms with Crippen molar-refractivity contribution in [3.63, 3.8) is 0 Å². The molecule has 1 aromatic heterocycles. The monoisotopic (exact) mass is 334 g/mol. The van der Waals surface area contributed by atoms with Gasteiger partial charge in [0.2, 0.25) is 0 Å². The molecule has 5 heteroatoms. The predicted molar refractivity (Wildman–Crippen MR) is 92.0 cm³/mol. The van der Waals surface area contributed by atoms with Crippen LogP contribution in [0.3, 0.4) is 0 Å². The molecule has 0 radical (unpaired) electrons. The maximum atomic E-state index is 13.2. The van der Waals surface area contributed by atoms with Gasteiger partial charge in [-0.25, -0.2) is 0 Å². The largest absolute Gasteiger partial charge is 0.376 e. The van der Waals surface area contributed by atoms with Crippen LogP contribution in [0.25, 0.3) is 0 Å². The van der Waals surface area contributed by atoms with Gasteiger partial charge in [-0.05, 0) is 43.7 Å². The molecule has 1 aromatic rings. The highest BCUT2D eigenvalue weighted by atomic mass is 32.1. The van der Waals surface area contributed by atoms with E-state index in [2.05, 4.69) is 16.3 Å². The van der Waals surface area contributed by atoms with Crippen LogP contribution in [-0.4, -0.2) is 42.6 Å². The van der Waals surface area contributed by atoms with E-state index in [1.54, 1.807) is 11.3 Å². The Bertz CT molecular complexity index is 536. The highest BCUT2D eigenvalue weighted by Gasteiger charge is 2.32. The Kier molecular flexibility index (Phi) is 4.69. The Labute approximate surface area is 142 Å². The molecule has 4 rings (SSSR count). The molecule has 3 heterocycles. The Balaban J connectivity index is 1.54. The Hall–Kier alpha value is -0.910. The molecule has 0 spiro atoms. The van der Waals surface area contributed by atoms with E-state index in [-0.39, 0.29) is 12.0 Å². The van der Waals surface area contributed by atoms with Crippen molar-refractivity contribution in [3.8, 4) is 0 Å². The number of fused-ring (bicyclic) bond motifs is 1. The smallest absolute Gasteiger partial charge is 0.264 e. The van der Waals surface area contributed by atoms with Crippen molar-refractivity contribution in [2.24, 2.45) is 0 Å². The lowest BCUT2D eigenvalue weighted by atomic mass is 10.1. The molecule has 1 atom stereocenters. The SMILES string of the molecule is O=C(c1cc2c(s1)CCNC2)N(CC1CCCO1)C1CCCC1. The Morgan fingerprint density at radius 1 is 1.30 bits per heavy atom. The number of hydrogen-bond donors (Lipinski definition) is 1. The lowest BCUT2D eigenvalue weighted by Gasteiger charge is -2.30. The van der Waals surface area contributed by atoms with Crippen LogP contribution in [0, 0.1) is 0 Å². The maximum absolute atomic E-state index is 13.2. The summed E-state index contributed by atoms with van der Waals surface area (Å²) < 4.78 is 5.81. The third-order valence-electron chi connectivity index (χ3n) is 5.40. The minimum atomic E-state index is 0.242. The summed E-state index contributed by atoms with van der Waals surface area (Å²) in [5.74, 6) is 0.242. The summed E-state index contributed by atoms with van der Waals surface area (Å²) in [7, 11) is 0. The molecule has 126 valence electrons. The molecule has 1 N–H and O–H groups in total. The normalized spacial score (nSPS) is 24.8. The van der Waals surface area contributed by atoms with Gasteiger partial charge in [0.25, 0.3) is 5.91 Å². The zero-order chi connectivity index (χ0) is 15.6. The van der Waals surface area contributed by atoms with Crippen molar-refractivity contribution in [2.45, 2.75) is 63.6 Å². The van der Waals surface area contributed by atoms with Gasteiger partial charge < -0.3 is 15.0 Å². The van der Waals surface area contributed by atoms with E-state index in [1.165, 1.54) is 23.3 Å². The van der Waals surface area contributed by atoms with Crippen LogP contribution < -0.4 is 5.32 Å². The lowest BCUT2D eigenvalue weighted by Crippen LogP contribution is -2.43. The summed E-state index contributed by atoms with van der Waals surface area (Å²) in [4.78, 5) is 17.7. The second kappa shape index (κ2) is 6.91. The molecular weight excluding hydrogens is 308 g/mol. The minimum absolute atomic E-state index is 0.242. The predicted octanol–water partition coefficient (Wildman–Crippen LogP) is 2.96. The average Bonchev–Trinajstić information content (AvgIpc) is 3.32. The maximum Gasteiger partial charge on any atom is 0.264 e. The van der Waals surface area contributed by atoms with Gasteiger partial charge in [-0.15, -0.1) is 11.3 Å². The molecule has 1 saturated heterocycles. The van der Waals surface area contributed by atoms with E-state index < -0.39 is 0 Å². The topological polar surface area (TPSA) is 41.6 Å². The van der Waals surface area contributed by atoms with E-state index in [0.717, 1.165) is 63.2 Å². The zero-order valence-corrected chi connectivity index (χ0v) is 14.5. The van der Waals surface area contributed by atoms with Gasteiger partial charge in [0.15, 0.2) is 0 Å². The van der Waals surface area contributed by atoms with Gasteiger partial charge >= 0.3 is 0 Å². The Morgan fingerprint density at radius 2 is 2.17 bits per heavy atom. The number of rotatable bonds is 4. The van der Waals surface area contributed by atoms with Gasteiger partial charge in [-0.1, -0.05) is 12.8 Å². The molecule has 1 saturated carbocycles. The van der Waals surface area contributed by atoms with Crippen LogP contribution >= 0.6 is 11.3 Å². The van der Waals surface area contributed by atoms with Crippen molar-refractivity contribution in [1.29, 1.82) is 0 Å². The number of nitrogens with one attached hydrogen (secondary N) is 1. The highest BCUT2D eigenvalue weighted by Crippen LogP contribution is 2.31. The lowest BCUT2D eigenvalue weighted by molar-refractivity contribution is 0.0424. The van der Waals surface area contributed by atoms with E-state index in [4.69, 9.17) is 4.74 Å². The first kappa shape index (κ1) is 15.6. The van der Waals surface area contributed by atoms with Crippen LogP contribution in [0.1, 0.15) is 58.6 Å². The minimum Gasteiger partial charge on any atom is -0.376 e. The standard InChI is InChI=1S/C18H26N2O2S/c21-18(17-10-13-11-19-8-7-16(13)23-17)20(14-4-1-2-5-14)12-15-6-3-9-22-15/h10,14-15,19H,1-9,11-12H2. The van der Waals surface area contributed by atoms with Crippen LogP contribution in [0.2, 0.25) is 0 Å². The molecule has 1 amide bonds. The molecule has 2 fully saturated rings. The first-order valence-corrected chi connectivity index (χ1v) is 9.88. The van der Waals surface area contributed by atoms with Crippen molar-refractivity contribution in [1.82, 2.24) is 10.2 Å². The van der Waals surface area contributed by atoms with Crippen molar-refractivity contribution >= 4 is 17.2 Å². The molecule has 0 bridgehead atoms. The summed E-state index contributed by atoms with van der Waals surface area (Å²) >= 11 is 1.72. The first-order chi connectivity index (χ1) is 11.3. The molecule has 1 unspecified atom stereocenters. The molecule has 4 nitrogen and oxygen atoms in total. The molecular formula is C18H26N2O2S. The van der Waals surface area contributed by atoms with Gasteiger partial charge in [0.1, 0.15) is 0 Å². The number of carbonyl (C=O) groups is 1. The summed E-state index contributed by atoms with van der Waals surface area (Å²) in [6, 6.07) is 2.55. The van der Waals surface area contributed by atoms with Crippen LogP contribution in [0.5, 0.6) is 0 Å². The van der Waals surface area contributed by atoms with Gasteiger partial charge in [0.05, 0.1) is 11.0 Å². The molecule has 3 aliphatic rings. The van der Waals surface area contributed by atoms with Crippen LogP contribution in [0.15, 0.2) is 6.07 Å². The second-order valence-electron chi connectivity index (χ2n) is 7.02. The van der Waals surface area contributed by atoms with Gasteiger partial charge in [0, 0.05) is 37.2 Å². The first-order valence-electron chi connectivity index (χ1n) is 9.06. The molecule has 2 aliphatic heterocycles. The fourth-order valence-electron chi connectivity index (χ4n) is 4.12. The zero-order valence-electron chi connectivity index (χ0n) is 13.7. The van der Waals surface area contributed by atoms with Crippen molar-refractivity contribution in [3.05, 3.63) is 21.4 Å². The van der Waals surface area contributed by atoms with Crippen molar-refractivity contribution in [2.75, 3.05) is 19.7 Å².